The van der Waals surface area contributed by atoms with E-state index in [2.05, 4.69) is 5.32 Å². The van der Waals surface area contributed by atoms with Gasteiger partial charge in [-0.05, 0) is 18.9 Å². The van der Waals surface area contributed by atoms with E-state index in [0.29, 0.717) is 12.8 Å². The van der Waals surface area contributed by atoms with E-state index in [1.54, 1.807) is 0 Å². The van der Waals surface area contributed by atoms with Crippen LogP contribution in [0.15, 0.2) is 18.2 Å². The molecule has 0 aromatic heterocycles. The van der Waals surface area contributed by atoms with Gasteiger partial charge < -0.3 is 10.4 Å². The van der Waals surface area contributed by atoms with Crippen molar-refractivity contribution < 1.29 is 14.8 Å². The summed E-state index contributed by atoms with van der Waals surface area (Å²) < 4.78 is 0. The summed E-state index contributed by atoms with van der Waals surface area (Å²) in [6.07, 6.45) is 2.63. The minimum atomic E-state index is -0.581. The molecule has 0 aliphatic heterocycles. The lowest BCUT2D eigenvalue weighted by atomic mass is 9.92. The fraction of sp³-hybridized carbons (Fsp3) is 0.462. The molecular formula is C13H15ClN2O4. The van der Waals surface area contributed by atoms with E-state index in [4.69, 9.17) is 11.6 Å². The summed E-state index contributed by atoms with van der Waals surface area (Å²) in [5.74, 6) is -0.496. The van der Waals surface area contributed by atoms with Crippen molar-refractivity contribution in [3.63, 3.8) is 0 Å². The molecule has 0 radical (unpaired) electrons. The molecule has 108 valence electrons. The van der Waals surface area contributed by atoms with E-state index >= 15 is 0 Å². The van der Waals surface area contributed by atoms with E-state index in [1.165, 1.54) is 12.1 Å². The summed E-state index contributed by atoms with van der Waals surface area (Å²) in [6, 6.07) is 3.39. The van der Waals surface area contributed by atoms with E-state index in [1.807, 2.05) is 0 Å². The van der Waals surface area contributed by atoms with Gasteiger partial charge in [0, 0.05) is 12.1 Å². The summed E-state index contributed by atoms with van der Waals surface area (Å²) in [5.41, 5.74) is -0.137. The highest BCUT2D eigenvalue weighted by Crippen LogP contribution is 2.23. The van der Waals surface area contributed by atoms with Gasteiger partial charge in [0.1, 0.15) is 0 Å². The summed E-state index contributed by atoms with van der Waals surface area (Å²) in [5, 5.41) is 23.4. The van der Waals surface area contributed by atoms with E-state index < -0.39 is 16.9 Å². The smallest absolute Gasteiger partial charge is 0.270 e. The van der Waals surface area contributed by atoms with Crippen molar-refractivity contribution in [1.82, 2.24) is 5.32 Å². The number of aliphatic hydroxyl groups is 1. The second-order valence-electron chi connectivity index (χ2n) is 4.85. The lowest BCUT2D eigenvalue weighted by molar-refractivity contribution is -0.384. The normalized spacial score (nSPS) is 22.3. The SMILES string of the molecule is O=C(N[C@@H]1CCCC[C@H]1O)c1cc([N+](=O)[O-])ccc1Cl. The average molecular weight is 299 g/mol. The fourth-order valence-corrected chi connectivity index (χ4v) is 2.53. The highest BCUT2D eigenvalue weighted by Gasteiger charge is 2.26. The summed E-state index contributed by atoms with van der Waals surface area (Å²) in [7, 11) is 0. The number of non-ortho nitro benzene ring substituents is 1. The van der Waals surface area contributed by atoms with Crippen LogP contribution in [0.3, 0.4) is 0 Å². The van der Waals surface area contributed by atoms with Gasteiger partial charge >= 0.3 is 0 Å². The third-order valence-electron chi connectivity index (χ3n) is 3.45. The van der Waals surface area contributed by atoms with Crippen molar-refractivity contribution in [3.8, 4) is 0 Å². The van der Waals surface area contributed by atoms with Crippen LogP contribution in [0.4, 0.5) is 5.69 Å². The number of aliphatic hydroxyl groups excluding tert-OH is 1. The maximum Gasteiger partial charge on any atom is 0.270 e. The molecule has 1 saturated carbocycles. The zero-order chi connectivity index (χ0) is 14.7. The predicted octanol–water partition coefficient (Wildman–Crippen LogP) is 2.28. The van der Waals surface area contributed by atoms with Crippen LogP contribution in [0.1, 0.15) is 36.0 Å². The fourth-order valence-electron chi connectivity index (χ4n) is 2.33. The number of nitro groups is 1. The number of nitrogens with zero attached hydrogens (tertiary/aromatic N) is 1. The lowest BCUT2D eigenvalue weighted by Crippen LogP contribution is -2.45. The van der Waals surface area contributed by atoms with Gasteiger partial charge in [0.25, 0.3) is 11.6 Å². The molecule has 20 heavy (non-hydrogen) atoms. The first-order valence-corrected chi connectivity index (χ1v) is 6.79. The van der Waals surface area contributed by atoms with Crippen LogP contribution in [0.25, 0.3) is 0 Å². The number of carbonyl (C=O) groups excluding carboxylic acids is 1. The Morgan fingerprint density at radius 2 is 2.10 bits per heavy atom. The number of benzene rings is 1. The van der Waals surface area contributed by atoms with E-state index in [-0.39, 0.29) is 22.3 Å². The number of nitrogens with one attached hydrogen (secondary N) is 1. The van der Waals surface area contributed by atoms with Crippen LogP contribution in [-0.4, -0.2) is 28.1 Å². The lowest BCUT2D eigenvalue weighted by Gasteiger charge is -2.28. The van der Waals surface area contributed by atoms with E-state index in [0.717, 1.165) is 18.9 Å². The van der Waals surface area contributed by atoms with Gasteiger partial charge in [-0.1, -0.05) is 24.4 Å². The van der Waals surface area contributed by atoms with Crippen LogP contribution in [-0.2, 0) is 0 Å². The molecule has 0 saturated heterocycles. The Hall–Kier alpha value is -1.66. The number of amides is 1. The summed E-state index contributed by atoms with van der Waals surface area (Å²) in [4.78, 5) is 22.3. The molecule has 1 fully saturated rings. The van der Waals surface area contributed by atoms with Gasteiger partial charge in [-0.15, -0.1) is 0 Å². The molecule has 1 aliphatic carbocycles. The second kappa shape index (κ2) is 6.19. The van der Waals surface area contributed by atoms with Crippen LogP contribution >= 0.6 is 11.6 Å². The molecule has 1 amide bonds. The summed E-state index contributed by atoms with van der Waals surface area (Å²) >= 11 is 5.90. The number of rotatable bonds is 3. The Morgan fingerprint density at radius 1 is 1.40 bits per heavy atom. The zero-order valence-corrected chi connectivity index (χ0v) is 11.5. The molecule has 0 heterocycles. The number of hydrogen-bond donors (Lipinski definition) is 2. The van der Waals surface area contributed by atoms with Gasteiger partial charge in [-0.25, -0.2) is 0 Å². The minimum Gasteiger partial charge on any atom is -0.391 e. The second-order valence-corrected chi connectivity index (χ2v) is 5.26. The first-order valence-electron chi connectivity index (χ1n) is 6.42. The van der Waals surface area contributed by atoms with Crippen molar-refractivity contribution in [2.24, 2.45) is 0 Å². The highest BCUT2D eigenvalue weighted by molar-refractivity contribution is 6.33. The van der Waals surface area contributed by atoms with Crippen LogP contribution in [0.5, 0.6) is 0 Å². The Morgan fingerprint density at radius 3 is 2.75 bits per heavy atom. The van der Waals surface area contributed by atoms with Crippen molar-refractivity contribution in [2.75, 3.05) is 0 Å². The van der Waals surface area contributed by atoms with Crippen LogP contribution in [0, 0.1) is 10.1 Å². The number of hydrogen-bond acceptors (Lipinski definition) is 4. The zero-order valence-electron chi connectivity index (χ0n) is 10.7. The average Bonchev–Trinajstić information content (AvgIpc) is 2.41. The van der Waals surface area contributed by atoms with Crippen molar-refractivity contribution in [2.45, 2.75) is 37.8 Å². The van der Waals surface area contributed by atoms with E-state index in [9.17, 15) is 20.0 Å². The molecule has 0 unspecified atom stereocenters. The monoisotopic (exact) mass is 298 g/mol. The van der Waals surface area contributed by atoms with Crippen molar-refractivity contribution in [1.29, 1.82) is 0 Å². The maximum atomic E-state index is 12.1. The van der Waals surface area contributed by atoms with Gasteiger partial charge in [-0.3, -0.25) is 14.9 Å². The maximum absolute atomic E-state index is 12.1. The molecule has 1 aromatic carbocycles. The molecule has 0 spiro atoms. The van der Waals surface area contributed by atoms with Crippen LogP contribution in [0.2, 0.25) is 5.02 Å². The highest BCUT2D eigenvalue weighted by atomic mass is 35.5. The molecule has 1 aliphatic rings. The number of nitro benzene ring substituents is 1. The first kappa shape index (κ1) is 14.7. The molecule has 2 N–H and O–H groups in total. The molecule has 1 aromatic rings. The van der Waals surface area contributed by atoms with Gasteiger partial charge in [0.15, 0.2) is 0 Å². The van der Waals surface area contributed by atoms with Gasteiger partial charge in [-0.2, -0.15) is 0 Å². The predicted molar refractivity (Wildman–Crippen MR) is 73.8 cm³/mol. The Bertz CT molecular complexity index is 535. The van der Waals surface area contributed by atoms with Crippen molar-refractivity contribution >= 4 is 23.2 Å². The Kier molecular flexibility index (Phi) is 4.57. The van der Waals surface area contributed by atoms with Gasteiger partial charge in [0.2, 0.25) is 0 Å². The standard InChI is InChI=1S/C13H15ClN2O4/c14-10-6-5-8(16(19)20)7-9(10)13(18)15-11-3-1-2-4-12(11)17/h5-7,11-12,17H,1-4H2,(H,15,18)/t11-,12-/m1/s1. The molecule has 7 heteroatoms. The van der Waals surface area contributed by atoms with Crippen molar-refractivity contribution in [3.05, 3.63) is 38.9 Å². The third kappa shape index (κ3) is 3.26. The minimum absolute atomic E-state index is 0.0543. The molecule has 0 bridgehead atoms. The largest absolute Gasteiger partial charge is 0.391 e. The van der Waals surface area contributed by atoms with Gasteiger partial charge in [0.05, 0.1) is 27.7 Å². The molecule has 2 rings (SSSR count). The Balaban J connectivity index is 2.16. The number of carbonyl (C=O) groups is 1. The van der Waals surface area contributed by atoms with Crippen LogP contribution < -0.4 is 5.32 Å². The topological polar surface area (TPSA) is 92.5 Å². The molecule has 2 atom stereocenters. The summed E-state index contributed by atoms with van der Waals surface area (Å²) in [6.45, 7) is 0. The Labute approximate surface area is 120 Å². The quantitative estimate of drug-likeness (QED) is 0.661. The first-order chi connectivity index (χ1) is 9.49. The number of halogens is 1. The molecular weight excluding hydrogens is 284 g/mol. The molecule has 6 nitrogen and oxygen atoms in total. The third-order valence-corrected chi connectivity index (χ3v) is 3.78.